The summed E-state index contributed by atoms with van der Waals surface area (Å²) in [7, 11) is -4.14. The molecule has 0 fully saturated rings. The van der Waals surface area contributed by atoms with Gasteiger partial charge >= 0.3 is 0 Å². The van der Waals surface area contributed by atoms with Crippen LogP contribution in [0.4, 0.5) is 5.69 Å². The van der Waals surface area contributed by atoms with E-state index in [1.807, 2.05) is 24.3 Å². The third-order valence-electron chi connectivity index (χ3n) is 5.88. The van der Waals surface area contributed by atoms with Crippen molar-refractivity contribution in [2.24, 2.45) is 0 Å². The van der Waals surface area contributed by atoms with Crippen molar-refractivity contribution in [1.29, 1.82) is 0 Å². The van der Waals surface area contributed by atoms with Crippen LogP contribution in [0.5, 0.6) is 0 Å². The van der Waals surface area contributed by atoms with Crippen LogP contribution in [0, 0.1) is 6.92 Å². The fraction of sp³-hybridized carbons (Fsp3) is 0.259. The van der Waals surface area contributed by atoms with E-state index in [4.69, 9.17) is 11.6 Å². The summed E-state index contributed by atoms with van der Waals surface area (Å²) in [4.78, 5) is 28.0. The van der Waals surface area contributed by atoms with E-state index in [-0.39, 0.29) is 23.0 Å². The third kappa shape index (κ3) is 6.91. The predicted molar refractivity (Wildman–Crippen MR) is 150 cm³/mol. The van der Waals surface area contributed by atoms with Crippen LogP contribution in [-0.2, 0) is 26.2 Å². The van der Waals surface area contributed by atoms with Crippen molar-refractivity contribution >= 4 is 55.1 Å². The highest BCUT2D eigenvalue weighted by atomic mass is 79.9. The summed E-state index contributed by atoms with van der Waals surface area (Å²) in [6, 6.07) is 19.4. The number of amides is 2. The standard InChI is InChI=1S/C27H29BrClN3O4S/c1-4-30-27(34)20(3)31(17-21-10-8-11-22(28)16-21)26(33)18-32(25-15-9-14-24(29)19(25)2)37(35,36)23-12-6-5-7-13-23/h5-16,20H,4,17-18H2,1-3H3,(H,30,34)/t20-/m1/s1. The molecular weight excluding hydrogens is 578 g/mol. The maximum absolute atomic E-state index is 13.8. The summed E-state index contributed by atoms with van der Waals surface area (Å²) < 4.78 is 29.5. The van der Waals surface area contributed by atoms with Crippen LogP contribution in [0.25, 0.3) is 0 Å². The number of anilines is 1. The maximum Gasteiger partial charge on any atom is 0.264 e. The van der Waals surface area contributed by atoms with E-state index < -0.39 is 28.5 Å². The molecule has 0 unspecified atom stereocenters. The van der Waals surface area contributed by atoms with Crippen LogP contribution in [0.3, 0.4) is 0 Å². The van der Waals surface area contributed by atoms with E-state index >= 15 is 0 Å². The van der Waals surface area contributed by atoms with Gasteiger partial charge < -0.3 is 10.2 Å². The molecule has 196 valence electrons. The Morgan fingerprint density at radius 2 is 1.70 bits per heavy atom. The minimum Gasteiger partial charge on any atom is -0.355 e. The number of nitrogens with one attached hydrogen (secondary N) is 1. The first-order valence-corrected chi connectivity index (χ1v) is 14.3. The van der Waals surface area contributed by atoms with Crippen molar-refractivity contribution in [3.63, 3.8) is 0 Å². The lowest BCUT2D eigenvalue weighted by Crippen LogP contribution is -2.51. The normalized spacial score (nSPS) is 12.0. The summed E-state index contributed by atoms with van der Waals surface area (Å²) in [6.07, 6.45) is 0. The molecule has 1 N–H and O–H groups in total. The van der Waals surface area contributed by atoms with E-state index in [1.54, 1.807) is 57.2 Å². The van der Waals surface area contributed by atoms with Crippen molar-refractivity contribution in [2.45, 2.75) is 38.3 Å². The molecule has 1 atom stereocenters. The van der Waals surface area contributed by atoms with Gasteiger partial charge in [-0.05, 0) is 68.3 Å². The summed E-state index contributed by atoms with van der Waals surface area (Å²) in [5.74, 6) is -0.861. The number of benzene rings is 3. The van der Waals surface area contributed by atoms with E-state index in [1.165, 1.54) is 17.0 Å². The molecule has 7 nitrogen and oxygen atoms in total. The molecule has 3 aromatic carbocycles. The van der Waals surface area contributed by atoms with Gasteiger partial charge in [0.15, 0.2) is 0 Å². The fourth-order valence-corrected chi connectivity index (χ4v) is 5.94. The van der Waals surface area contributed by atoms with E-state index in [0.717, 1.165) is 14.3 Å². The first-order valence-electron chi connectivity index (χ1n) is 11.7. The molecule has 0 aliphatic carbocycles. The number of carbonyl (C=O) groups is 2. The zero-order valence-corrected chi connectivity index (χ0v) is 24.0. The van der Waals surface area contributed by atoms with Gasteiger partial charge in [-0.1, -0.05) is 63.9 Å². The zero-order valence-electron chi connectivity index (χ0n) is 20.8. The highest BCUT2D eigenvalue weighted by Crippen LogP contribution is 2.31. The molecule has 0 spiro atoms. The van der Waals surface area contributed by atoms with Gasteiger partial charge in [-0.3, -0.25) is 13.9 Å². The second-order valence-corrected chi connectivity index (χ2v) is 11.6. The first-order chi connectivity index (χ1) is 17.6. The second-order valence-electron chi connectivity index (χ2n) is 8.43. The molecule has 0 saturated carbocycles. The predicted octanol–water partition coefficient (Wildman–Crippen LogP) is 5.16. The molecular formula is C27H29BrClN3O4S. The molecule has 0 bridgehead atoms. The quantitative estimate of drug-likeness (QED) is 0.346. The number of nitrogens with zero attached hydrogens (tertiary/aromatic N) is 2. The minimum absolute atomic E-state index is 0.0393. The van der Waals surface area contributed by atoms with E-state index in [0.29, 0.717) is 17.1 Å². The van der Waals surface area contributed by atoms with Crippen molar-refractivity contribution in [2.75, 3.05) is 17.4 Å². The van der Waals surface area contributed by atoms with Crippen molar-refractivity contribution in [3.8, 4) is 0 Å². The number of halogens is 2. The molecule has 10 heteroatoms. The van der Waals surface area contributed by atoms with Gasteiger partial charge in [-0.25, -0.2) is 8.42 Å². The Balaban J connectivity index is 2.07. The fourth-order valence-electron chi connectivity index (χ4n) is 3.84. The smallest absolute Gasteiger partial charge is 0.264 e. The summed E-state index contributed by atoms with van der Waals surface area (Å²) in [5.41, 5.74) is 1.60. The van der Waals surface area contributed by atoms with Gasteiger partial charge in [0.1, 0.15) is 12.6 Å². The summed E-state index contributed by atoms with van der Waals surface area (Å²) in [5, 5.41) is 3.12. The first kappa shape index (κ1) is 28.7. The highest BCUT2D eigenvalue weighted by Gasteiger charge is 2.33. The van der Waals surface area contributed by atoms with Gasteiger partial charge in [-0.2, -0.15) is 0 Å². The van der Waals surface area contributed by atoms with Crippen molar-refractivity contribution in [1.82, 2.24) is 10.2 Å². The maximum atomic E-state index is 13.8. The second kappa shape index (κ2) is 12.6. The van der Waals surface area contributed by atoms with Crippen LogP contribution >= 0.6 is 27.5 Å². The van der Waals surface area contributed by atoms with Gasteiger partial charge in [0, 0.05) is 22.6 Å². The Morgan fingerprint density at radius 1 is 1.03 bits per heavy atom. The average molecular weight is 607 g/mol. The van der Waals surface area contributed by atoms with Crippen LogP contribution in [-0.4, -0.2) is 44.3 Å². The molecule has 0 aliphatic heterocycles. The Hall–Kier alpha value is -2.88. The molecule has 0 aliphatic rings. The van der Waals surface area contributed by atoms with Crippen molar-refractivity contribution in [3.05, 3.63) is 93.4 Å². The van der Waals surface area contributed by atoms with Crippen LogP contribution in [0.1, 0.15) is 25.0 Å². The Bertz CT molecular complexity index is 1370. The van der Waals surface area contributed by atoms with Gasteiger partial charge in [0.2, 0.25) is 11.8 Å². The lowest BCUT2D eigenvalue weighted by Gasteiger charge is -2.32. The van der Waals surface area contributed by atoms with Crippen LogP contribution < -0.4 is 9.62 Å². The number of carbonyl (C=O) groups excluding carboxylic acids is 2. The van der Waals surface area contributed by atoms with Gasteiger partial charge in [0.25, 0.3) is 10.0 Å². The molecule has 0 heterocycles. The number of sulfonamides is 1. The SMILES string of the molecule is CCNC(=O)[C@@H](C)N(Cc1cccc(Br)c1)C(=O)CN(c1cccc(Cl)c1C)S(=O)(=O)c1ccccc1. The highest BCUT2D eigenvalue weighted by molar-refractivity contribution is 9.10. The number of likely N-dealkylation sites (N-methyl/N-ethyl adjacent to an activating group) is 1. The largest absolute Gasteiger partial charge is 0.355 e. The number of hydrogen-bond donors (Lipinski definition) is 1. The Labute approximate surface area is 231 Å². The van der Waals surface area contributed by atoms with Crippen LogP contribution in [0.2, 0.25) is 5.02 Å². The topological polar surface area (TPSA) is 86.8 Å². The summed E-state index contributed by atoms with van der Waals surface area (Å²) in [6.45, 7) is 5.12. The molecule has 0 aromatic heterocycles. The molecule has 3 rings (SSSR count). The van der Waals surface area contributed by atoms with E-state index in [9.17, 15) is 18.0 Å². The Kier molecular flexibility index (Phi) is 9.75. The lowest BCUT2D eigenvalue weighted by atomic mass is 10.1. The summed E-state index contributed by atoms with van der Waals surface area (Å²) >= 11 is 9.76. The molecule has 0 saturated heterocycles. The lowest BCUT2D eigenvalue weighted by molar-refractivity contribution is -0.139. The zero-order chi connectivity index (χ0) is 27.2. The molecule has 37 heavy (non-hydrogen) atoms. The average Bonchev–Trinajstić information content (AvgIpc) is 2.88. The molecule has 3 aromatic rings. The van der Waals surface area contributed by atoms with E-state index in [2.05, 4.69) is 21.2 Å². The minimum atomic E-state index is -4.14. The third-order valence-corrected chi connectivity index (χ3v) is 8.55. The molecule has 0 radical (unpaired) electrons. The van der Waals surface area contributed by atoms with Gasteiger partial charge in [-0.15, -0.1) is 0 Å². The van der Waals surface area contributed by atoms with Crippen molar-refractivity contribution < 1.29 is 18.0 Å². The van der Waals surface area contributed by atoms with Crippen LogP contribution in [0.15, 0.2) is 82.2 Å². The van der Waals surface area contributed by atoms with Gasteiger partial charge in [0.05, 0.1) is 10.6 Å². The Morgan fingerprint density at radius 3 is 2.35 bits per heavy atom. The number of hydrogen-bond acceptors (Lipinski definition) is 4. The monoisotopic (exact) mass is 605 g/mol. The molecule has 2 amide bonds. The number of rotatable bonds is 10.